The average molecular weight is 257 g/mol. The molecule has 0 aromatic heterocycles. The Morgan fingerprint density at radius 2 is 1.47 bits per heavy atom. The summed E-state index contributed by atoms with van der Waals surface area (Å²) in [7, 11) is 0. The van der Waals surface area contributed by atoms with Crippen LogP contribution in [0.15, 0.2) is 5.10 Å². The van der Waals surface area contributed by atoms with Crippen molar-refractivity contribution in [2.24, 2.45) is 16.6 Å². The lowest BCUT2D eigenvalue weighted by atomic mass is 10.3. The number of rotatable bonds is 2. The number of guanidine groups is 2. The molecule has 7 nitrogen and oxygen atoms in total. The van der Waals surface area contributed by atoms with Gasteiger partial charge in [0.1, 0.15) is 5.71 Å². The van der Waals surface area contributed by atoms with Crippen LogP contribution in [-0.4, -0.2) is 28.4 Å². The number of Topliss-reactive ketones (excluding diaryl/α,β-unsaturated/α-hetero) is 1. The standard InChI is InChI=1S/C6H12N6O.2ClH/c1-3(4(2)13)11-12(5(7)8)6(9)10;;/h1-2H3,(H3,7,8)(H3,9,10);2*1H. The van der Waals surface area contributed by atoms with Gasteiger partial charge in [0.15, 0.2) is 5.78 Å². The van der Waals surface area contributed by atoms with Gasteiger partial charge in [-0.1, -0.05) is 0 Å². The molecule has 0 aliphatic rings. The maximum atomic E-state index is 10.7. The second-order valence-corrected chi connectivity index (χ2v) is 2.32. The summed E-state index contributed by atoms with van der Waals surface area (Å²) in [6, 6.07) is 0. The smallest absolute Gasteiger partial charge is 0.216 e. The first-order valence-electron chi connectivity index (χ1n) is 3.40. The molecule has 0 unspecified atom stereocenters. The first-order chi connectivity index (χ1) is 5.86. The van der Waals surface area contributed by atoms with E-state index in [9.17, 15) is 4.79 Å². The Labute approximate surface area is 99.7 Å². The SMILES string of the molecule is CC(=O)C(C)=NN(C(=N)N)C(=N)N.Cl.Cl. The first kappa shape index (κ1) is 19.3. The van der Waals surface area contributed by atoms with Gasteiger partial charge in [-0.05, 0) is 6.92 Å². The Balaban J connectivity index is -0.000000720. The number of halogens is 2. The average Bonchev–Trinajstić information content (AvgIpc) is 1.97. The molecule has 0 rings (SSSR count). The van der Waals surface area contributed by atoms with Crippen molar-refractivity contribution < 1.29 is 4.79 Å². The minimum Gasteiger partial charge on any atom is -0.368 e. The first-order valence-corrected chi connectivity index (χ1v) is 3.40. The molecule has 0 aromatic rings. The summed E-state index contributed by atoms with van der Waals surface area (Å²) in [5.74, 6) is -1.28. The molecular weight excluding hydrogens is 243 g/mol. The van der Waals surface area contributed by atoms with Crippen LogP contribution in [0.25, 0.3) is 0 Å². The Morgan fingerprint density at radius 1 is 1.13 bits per heavy atom. The molecule has 0 amide bonds. The van der Waals surface area contributed by atoms with Crippen LogP contribution in [-0.2, 0) is 4.79 Å². The van der Waals surface area contributed by atoms with Gasteiger partial charge in [-0.3, -0.25) is 15.6 Å². The third kappa shape index (κ3) is 6.69. The largest absolute Gasteiger partial charge is 0.368 e. The molecule has 0 aliphatic heterocycles. The molecule has 0 saturated heterocycles. The van der Waals surface area contributed by atoms with E-state index in [4.69, 9.17) is 22.3 Å². The zero-order chi connectivity index (χ0) is 10.6. The number of carbonyl (C=O) groups is 1. The Bertz CT molecular complexity index is 275. The fraction of sp³-hybridized carbons (Fsp3) is 0.333. The van der Waals surface area contributed by atoms with E-state index in [1.807, 2.05) is 0 Å². The van der Waals surface area contributed by atoms with E-state index in [0.29, 0.717) is 5.01 Å². The maximum absolute atomic E-state index is 10.7. The molecule has 0 spiro atoms. The molecule has 9 heteroatoms. The van der Waals surface area contributed by atoms with Gasteiger partial charge in [-0.15, -0.1) is 24.8 Å². The van der Waals surface area contributed by atoms with Crippen molar-refractivity contribution in [1.82, 2.24) is 5.01 Å². The van der Waals surface area contributed by atoms with Gasteiger partial charge in [0, 0.05) is 6.92 Å². The third-order valence-electron chi connectivity index (χ3n) is 1.22. The second-order valence-electron chi connectivity index (χ2n) is 2.32. The van der Waals surface area contributed by atoms with E-state index >= 15 is 0 Å². The molecule has 6 N–H and O–H groups in total. The van der Waals surface area contributed by atoms with Crippen LogP contribution < -0.4 is 11.5 Å². The number of hydrazone groups is 1. The highest BCUT2D eigenvalue weighted by Crippen LogP contribution is 1.89. The summed E-state index contributed by atoms with van der Waals surface area (Å²) >= 11 is 0. The van der Waals surface area contributed by atoms with Crippen molar-refractivity contribution in [1.29, 1.82) is 10.8 Å². The monoisotopic (exact) mass is 256 g/mol. The third-order valence-corrected chi connectivity index (χ3v) is 1.22. The molecule has 0 radical (unpaired) electrons. The van der Waals surface area contributed by atoms with Gasteiger partial charge in [-0.25, -0.2) is 0 Å². The van der Waals surface area contributed by atoms with E-state index in [2.05, 4.69) is 5.10 Å². The van der Waals surface area contributed by atoms with Crippen LogP contribution in [0.2, 0.25) is 0 Å². The summed E-state index contributed by atoms with van der Waals surface area (Å²) < 4.78 is 0. The fourth-order valence-corrected chi connectivity index (χ4v) is 0.458. The van der Waals surface area contributed by atoms with E-state index in [1.54, 1.807) is 0 Å². The number of nitrogens with one attached hydrogen (secondary N) is 2. The van der Waals surface area contributed by atoms with Crippen LogP contribution in [0.5, 0.6) is 0 Å². The van der Waals surface area contributed by atoms with Gasteiger partial charge in [0.05, 0.1) is 0 Å². The number of nitrogens with zero attached hydrogens (tertiary/aromatic N) is 2. The van der Waals surface area contributed by atoms with Crippen LogP contribution in [0, 0.1) is 10.8 Å². The van der Waals surface area contributed by atoms with Crippen LogP contribution >= 0.6 is 24.8 Å². The Hall–Kier alpha value is -1.34. The van der Waals surface area contributed by atoms with Crippen molar-refractivity contribution in [3.8, 4) is 0 Å². The Morgan fingerprint density at radius 3 is 1.67 bits per heavy atom. The maximum Gasteiger partial charge on any atom is 0.216 e. The summed E-state index contributed by atoms with van der Waals surface area (Å²) in [6.45, 7) is 2.76. The van der Waals surface area contributed by atoms with Crippen molar-refractivity contribution in [2.75, 3.05) is 0 Å². The minimum atomic E-state index is -0.506. The normalized spacial score (nSPS) is 9.33. The van der Waals surface area contributed by atoms with Crippen molar-refractivity contribution in [2.45, 2.75) is 13.8 Å². The minimum absolute atomic E-state index is 0. The van der Waals surface area contributed by atoms with E-state index in [1.165, 1.54) is 13.8 Å². The quantitative estimate of drug-likeness (QED) is 0.312. The second kappa shape index (κ2) is 8.01. The predicted molar refractivity (Wildman–Crippen MR) is 64.0 cm³/mol. The van der Waals surface area contributed by atoms with Gasteiger partial charge in [0.2, 0.25) is 11.9 Å². The molecule has 0 bridgehead atoms. The van der Waals surface area contributed by atoms with Crippen molar-refractivity contribution in [3.05, 3.63) is 0 Å². The molecule has 0 aromatic carbocycles. The molecular formula is C6H14Cl2N6O. The molecule has 15 heavy (non-hydrogen) atoms. The molecule has 0 aliphatic carbocycles. The topological polar surface area (TPSA) is 132 Å². The molecule has 0 atom stereocenters. The molecule has 0 saturated carbocycles. The van der Waals surface area contributed by atoms with Crippen LogP contribution in [0.1, 0.15) is 13.8 Å². The van der Waals surface area contributed by atoms with Crippen LogP contribution in [0.4, 0.5) is 0 Å². The zero-order valence-electron chi connectivity index (χ0n) is 8.27. The summed E-state index contributed by atoms with van der Waals surface area (Å²) in [4.78, 5) is 10.7. The van der Waals surface area contributed by atoms with Crippen molar-refractivity contribution >= 4 is 48.2 Å². The van der Waals surface area contributed by atoms with E-state index in [-0.39, 0.29) is 36.3 Å². The summed E-state index contributed by atoms with van der Waals surface area (Å²) in [6.07, 6.45) is 0. The number of carbonyl (C=O) groups excluding carboxylic acids is 1. The number of nitrogens with two attached hydrogens (primary N) is 2. The van der Waals surface area contributed by atoms with Gasteiger partial charge >= 0.3 is 0 Å². The summed E-state index contributed by atoms with van der Waals surface area (Å²) in [5, 5.41) is 18.2. The van der Waals surface area contributed by atoms with E-state index in [0.717, 1.165) is 0 Å². The lowest BCUT2D eigenvalue weighted by molar-refractivity contribution is -0.111. The van der Waals surface area contributed by atoms with Gasteiger partial charge < -0.3 is 11.5 Å². The van der Waals surface area contributed by atoms with Crippen molar-refractivity contribution in [3.63, 3.8) is 0 Å². The van der Waals surface area contributed by atoms with Gasteiger partial charge in [-0.2, -0.15) is 10.1 Å². The Kier molecular flexibility index (Phi) is 10.3. The van der Waals surface area contributed by atoms with E-state index < -0.39 is 11.9 Å². The number of ketones is 1. The highest BCUT2D eigenvalue weighted by atomic mass is 35.5. The lowest BCUT2D eigenvalue weighted by Gasteiger charge is -2.14. The molecule has 0 fully saturated rings. The lowest BCUT2D eigenvalue weighted by Crippen LogP contribution is -2.42. The molecule has 88 valence electrons. The number of hydrogen-bond donors (Lipinski definition) is 4. The van der Waals surface area contributed by atoms with Crippen LogP contribution in [0.3, 0.4) is 0 Å². The van der Waals surface area contributed by atoms with Gasteiger partial charge in [0.25, 0.3) is 0 Å². The predicted octanol–water partition coefficient (Wildman–Crippen LogP) is -0.116. The number of hydrogen-bond acceptors (Lipinski definition) is 4. The highest BCUT2D eigenvalue weighted by Gasteiger charge is 2.09. The molecule has 0 heterocycles. The fourth-order valence-electron chi connectivity index (χ4n) is 0.458. The summed E-state index contributed by atoms with van der Waals surface area (Å²) in [5.41, 5.74) is 10.2. The highest BCUT2D eigenvalue weighted by molar-refractivity contribution is 6.38. The zero-order valence-corrected chi connectivity index (χ0v) is 9.91.